The van der Waals surface area contributed by atoms with E-state index in [1.165, 1.54) is 34.0 Å². The molecule has 0 aromatic carbocycles. The number of nitriles is 1. The second-order valence-corrected chi connectivity index (χ2v) is 8.31. The van der Waals surface area contributed by atoms with Crippen LogP contribution in [0.1, 0.15) is 42.2 Å². The number of thiophene rings is 1. The van der Waals surface area contributed by atoms with Gasteiger partial charge in [-0.3, -0.25) is 4.79 Å². The lowest BCUT2D eigenvalue weighted by molar-refractivity contribution is -0.115. The molecule has 2 aromatic rings. The van der Waals surface area contributed by atoms with Crippen molar-refractivity contribution in [1.29, 1.82) is 5.26 Å². The van der Waals surface area contributed by atoms with Gasteiger partial charge in [-0.2, -0.15) is 5.26 Å². The molecule has 7 nitrogen and oxygen atoms in total. The van der Waals surface area contributed by atoms with Gasteiger partial charge in [0.1, 0.15) is 22.7 Å². The smallest absolute Gasteiger partial charge is 0.238 e. The van der Waals surface area contributed by atoms with Gasteiger partial charge in [-0.25, -0.2) is 9.97 Å². The zero-order chi connectivity index (χ0) is 18.7. The Morgan fingerprint density at radius 1 is 1.38 bits per heavy atom. The highest BCUT2D eigenvalue weighted by Gasteiger charge is 2.25. The number of aryl methyl sites for hydroxylation is 1. The van der Waals surface area contributed by atoms with Crippen LogP contribution >= 0.6 is 23.1 Å². The fourth-order valence-electron chi connectivity index (χ4n) is 2.93. The van der Waals surface area contributed by atoms with Gasteiger partial charge in [0, 0.05) is 10.9 Å². The number of rotatable bonds is 5. The lowest BCUT2D eigenvalue weighted by atomic mass is 9.96. The molecule has 1 aliphatic rings. The molecule has 0 spiro atoms. The molecule has 2 aromatic heterocycles. The number of aromatic nitrogens is 2. The third kappa shape index (κ3) is 3.92. The van der Waals surface area contributed by atoms with Gasteiger partial charge in [0.25, 0.3) is 0 Å². The van der Waals surface area contributed by atoms with E-state index in [0.717, 1.165) is 31.2 Å². The summed E-state index contributed by atoms with van der Waals surface area (Å²) in [5, 5.41) is 13.1. The number of hydrogen-bond donors (Lipinski definition) is 3. The standard InChI is InChI=1S/C17H20N6OS2/c1-2-11(26-17-21-13(19)7-14(20)22-17)15(24)23-16-10(8-18)9-5-3-4-6-12(9)25-16/h7,11H,2-6H2,1H3,(H,23,24)(H4,19,20,21,22). The first-order chi connectivity index (χ1) is 12.5. The van der Waals surface area contributed by atoms with Crippen molar-refractivity contribution in [2.45, 2.75) is 49.4 Å². The van der Waals surface area contributed by atoms with Crippen LogP contribution in [0.25, 0.3) is 0 Å². The first-order valence-electron chi connectivity index (χ1n) is 8.44. The van der Waals surface area contributed by atoms with Crippen LogP contribution in [0, 0.1) is 11.3 Å². The lowest BCUT2D eigenvalue weighted by Crippen LogP contribution is -2.25. The van der Waals surface area contributed by atoms with Crippen molar-refractivity contribution in [3.8, 4) is 6.07 Å². The summed E-state index contributed by atoms with van der Waals surface area (Å²) in [5.74, 6) is 0.373. The largest absolute Gasteiger partial charge is 0.383 e. The number of hydrogen-bond acceptors (Lipinski definition) is 8. The minimum atomic E-state index is -0.401. The fourth-order valence-corrected chi connectivity index (χ4v) is 5.07. The Morgan fingerprint density at radius 3 is 2.73 bits per heavy atom. The number of nitrogens with two attached hydrogens (primary N) is 2. The van der Waals surface area contributed by atoms with Crippen LogP contribution in [0.5, 0.6) is 0 Å². The van der Waals surface area contributed by atoms with Gasteiger partial charge in [-0.05, 0) is 37.7 Å². The van der Waals surface area contributed by atoms with Crippen LogP contribution in [0.2, 0.25) is 0 Å². The maximum absolute atomic E-state index is 12.7. The molecule has 136 valence electrons. The average molecular weight is 389 g/mol. The van der Waals surface area contributed by atoms with Gasteiger partial charge in [0.2, 0.25) is 5.91 Å². The molecule has 26 heavy (non-hydrogen) atoms. The maximum Gasteiger partial charge on any atom is 0.238 e. The van der Waals surface area contributed by atoms with Gasteiger partial charge in [0.15, 0.2) is 5.16 Å². The molecular weight excluding hydrogens is 368 g/mol. The molecule has 3 rings (SSSR count). The number of fused-ring (bicyclic) bond motifs is 1. The van der Waals surface area contributed by atoms with E-state index in [1.54, 1.807) is 0 Å². The minimum Gasteiger partial charge on any atom is -0.383 e. The van der Waals surface area contributed by atoms with E-state index in [2.05, 4.69) is 21.4 Å². The van der Waals surface area contributed by atoms with Crippen LogP contribution in [0.4, 0.5) is 16.6 Å². The van der Waals surface area contributed by atoms with Gasteiger partial charge in [-0.15, -0.1) is 11.3 Å². The molecule has 0 aliphatic heterocycles. The Bertz CT molecular complexity index is 853. The summed E-state index contributed by atoms with van der Waals surface area (Å²) in [5.41, 5.74) is 13.1. The third-order valence-corrected chi connectivity index (χ3v) is 6.61. The Labute approximate surface area is 160 Å². The van der Waals surface area contributed by atoms with Crippen molar-refractivity contribution >= 4 is 45.6 Å². The average Bonchev–Trinajstić information content (AvgIpc) is 2.95. The zero-order valence-electron chi connectivity index (χ0n) is 14.4. The molecular formula is C17H20N6OS2. The van der Waals surface area contributed by atoms with Gasteiger partial charge < -0.3 is 16.8 Å². The van der Waals surface area contributed by atoms with Crippen LogP contribution in [-0.2, 0) is 17.6 Å². The fraction of sp³-hybridized carbons (Fsp3) is 0.412. The van der Waals surface area contributed by atoms with Crippen molar-refractivity contribution < 1.29 is 4.79 Å². The van der Waals surface area contributed by atoms with Gasteiger partial charge in [0.05, 0.1) is 10.8 Å². The summed E-state index contributed by atoms with van der Waals surface area (Å²) in [6, 6.07) is 3.73. The van der Waals surface area contributed by atoms with Crippen molar-refractivity contribution in [1.82, 2.24) is 9.97 Å². The Morgan fingerprint density at radius 2 is 2.08 bits per heavy atom. The first kappa shape index (κ1) is 18.5. The zero-order valence-corrected chi connectivity index (χ0v) is 16.0. The molecule has 1 atom stereocenters. The van der Waals surface area contributed by atoms with Crippen molar-refractivity contribution in [2.75, 3.05) is 16.8 Å². The number of nitrogens with one attached hydrogen (secondary N) is 1. The van der Waals surface area contributed by atoms with Crippen molar-refractivity contribution in [3.63, 3.8) is 0 Å². The van der Waals surface area contributed by atoms with E-state index in [1.807, 2.05) is 6.92 Å². The van der Waals surface area contributed by atoms with E-state index < -0.39 is 5.25 Å². The molecule has 1 amide bonds. The molecule has 9 heteroatoms. The molecule has 0 fully saturated rings. The van der Waals surface area contributed by atoms with E-state index >= 15 is 0 Å². The quantitative estimate of drug-likeness (QED) is 0.530. The topological polar surface area (TPSA) is 131 Å². The number of carbonyl (C=O) groups excluding carboxylic acids is 1. The summed E-state index contributed by atoms with van der Waals surface area (Å²) in [6.07, 6.45) is 4.70. The van der Waals surface area contributed by atoms with Crippen LogP contribution in [0.15, 0.2) is 11.2 Å². The normalized spacial score (nSPS) is 14.3. The number of anilines is 3. The molecule has 1 aliphatic carbocycles. The summed E-state index contributed by atoms with van der Waals surface area (Å²) in [6.45, 7) is 1.91. The van der Waals surface area contributed by atoms with E-state index in [9.17, 15) is 10.1 Å². The number of nitrogen functional groups attached to an aromatic ring is 2. The summed E-state index contributed by atoms with van der Waals surface area (Å²) in [4.78, 5) is 22.2. The van der Waals surface area contributed by atoms with E-state index in [0.29, 0.717) is 22.1 Å². The number of thioether (sulfide) groups is 1. The molecule has 1 unspecified atom stereocenters. The molecule has 0 saturated carbocycles. The highest BCUT2D eigenvalue weighted by Crippen LogP contribution is 2.38. The third-order valence-electron chi connectivity index (χ3n) is 4.18. The highest BCUT2D eigenvalue weighted by molar-refractivity contribution is 8.00. The number of amides is 1. The van der Waals surface area contributed by atoms with Crippen LogP contribution in [0.3, 0.4) is 0 Å². The number of carbonyl (C=O) groups is 1. The summed E-state index contributed by atoms with van der Waals surface area (Å²) >= 11 is 2.74. The molecule has 5 N–H and O–H groups in total. The molecule has 0 saturated heterocycles. The maximum atomic E-state index is 12.7. The van der Waals surface area contributed by atoms with Crippen molar-refractivity contribution in [2.24, 2.45) is 0 Å². The molecule has 0 radical (unpaired) electrons. The molecule has 0 bridgehead atoms. The van der Waals surface area contributed by atoms with Crippen molar-refractivity contribution in [3.05, 3.63) is 22.1 Å². The molecule has 2 heterocycles. The van der Waals surface area contributed by atoms with Crippen LogP contribution in [-0.4, -0.2) is 21.1 Å². The lowest BCUT2D eigenvalue weighted by Gasteiger charge is -2.13. The minimum absolute atomic E-state index is 0.169. The number of nitrogens with zero attached hydrogens (tertiary/aromatic N) is 3. The Balaban J connectivity index is 1.78. The second-order valence-electron chi connectivity index (χ2n) is 6.03. The predicted octanol–water partition coefficient (Wildman–Crippen LogP) is 2.96. The predicted molar refractivity (Wildman–Crippen MR) is 105 cm³/mol. The SMILES string of the molecule is CCC(Sc1nc(N)cc(N)n1)C(=O)Nc1sc2c(c1C#N)CCCC2. The van der Waals surface area contributed by atoms with Gasteiger partial charge >= 0.3 is 0 Å². The Kier molecular flexibility index (Phi) is 5.64. The monoisotopic (exact) mass is 388 g/mol. The summed E-state index contributed by atoms with van der Waals surface area (Å²) in [7, 11) is 0. The first-order valence-corrected chi connectivity index (χ1v) is 10.1. The van der Waals surface area contributed by atoms with Gasteiger partial charge in [-0.1, -0.05) is 18.7 Å². The van der Waals surface area contributed by atoms with Crippen LogP contribution < -0.4 is 16.8 Å². The highest BCUT2D eigenvalue weighted by atomic mass is 32.2. The van der Waals surface area contributed by atoms with E-state index in [4.69, 9.17) is 11.5 Å². The van der Waals surface area contributed by atoms with E-state index in [-0.39, 0.29) is 17.5 Å². The second kappa shape index (κ2) is 7.93. The Hall–Kier alpha value is -2.31. The summed E-state index contributed by atoms with van der Waals surface area (Å²) < 4.78 is 0.